The van der Waals surface area contributed by atoms with Crippen molar-refractivity contribution in [3.05, 3.63) is 47.3 Å². The van der Waals surface area contributed by atoms with Crippen LogP contribution in [0.15, 0.2) is 35.9 Å². The summed E-state index contributed by atoms with van der Waals surface area (Å²) in [6.45, 7) is 2.53. The smallest absolute Gasteiger partial charge is 0.336 e. The van der Waals surface area contributed by atoms with Crippen LogP contribution in [0, 0.1) is 5.82 Å². The largest absolute Gasteiger partial charge is 0.361 e. The Hall–Kier alpha value is -2.15. The van der Waals surface area contributed by atoms with E-state index < -0.39 is 0 Å². The molecular weight excluding hydrogens is 363 g/mol. The van der Waals surface area contributed by atoms with Crippen LogP contribution in [0.25, 0.3) is 0 Å². The second kappa shape index (κ2) is 9.69. The first-order chi connectivity index (χ1) is 13.1. The standard InChI is InChI=1S/C20H27FN4OS/c21-18-9-7-17(8-10-18)15-23-19(26)24-13-4-14-25(24)20(27)22-12-11-16-5-2-1-3-6-16/h5,7-10H,1-4,6,11-15H2,(H,22,27)(H,23,26). The highest BCUT2D eigenvalue weighted by atomic mass is 32.1. The third kappa shape index (κ3) is 5.66. The number of allylic oxidation sites excluding steroid dienone is 1. The van der Waals surface area contributed by atoms with E-state index in [2.05, 4.69) is 16.7 Å². The predicted molar refractivity (Wildman–Crippen MR) is 108 cm³/mol. The molecular formula is C20H27FN4OS. The van der Waals surface area contributed by atoms with Crippen LogP contribution in [0.1, 0.15) is 44.1 Å². The van der Waals surface area contributed by atoms with Crippen molar-refractivity contribution >= 4 is 23.4 Å². The molecule has 0 radical (unpaired) electrons. The van der Waals surface area contributed by atoms with E-state index in [0.29, 0.717) is 18.2 Å². The average Bonchev–Trinajstić information content (AvgIpc) is 3.18. The molecule has 1 aliphatic heterocycles. The number of benzene rings is 1. The lowest BCUT2D eigenvalue weighted by Crippen LogP contribution is -2.52. The van der Waals surface area contributed by atoms with Gasteiger partial charge in [-0.1, -0.05) is 23.8 Å². The number of thiocarbonyl (C=S) groups is 1. The van der Waals surface area contributed by atoms with E-state index in [0.717, 1.165) is 31.5 Å². The normalized spacial score (nSPS) is 16.9. The van der Waals surface area contributed by atoms with Crippen molar-refractivity contribution in [1.29, 1.82) is 0 Å². The monoisotopic (exact) mass is 390 g/mol. The Balaban J connectivity index is 1.45. The molecule has 7 heteroatoms. The maximum absolute atomic E-state index is 13.0. The Kier molecular flexibility index (Phi) is 7.04. The van der Waals surface area contributed by atoms with Crippen molar-refractivity contribution in [2.75, 3.05) is 19.6 Å². The molecule has 27 heavy (non-hydrogen) atoms. The molecule has 1 aromatic rings. The molecule has 0 unspecified atom stereocenters. The molecule has 146 valence electrons. The molecule has 1 saturated heterocycles. The van der Waals surface area contributed by atoms with Gasteiger partial charge in [0.2, 0.25) is 0 Å². The minimum absolute atomic E-state index is 0.184. The molecule has 0 aromatic heterocycles. The first kappa shape index (κ1) is 19.6. The zero-order chi connectivity index (χ0) is 19.1. The van der Waals surface area contributed by atoms with Gasteiger partial charge in [-0.15, -0.1) is 0 Å². The number of nitrogens with zero attached hydrogens (tertiary/aromatic N) is 2. The van der Waals surface area contributed by atoms with E-state index in [4.69, 9.17) is 12.2 Å². The summed E-state index contributed by atoms with van der Waals surface area (Å²) in [5, 5.41) is 10.3. The zero-order valence-corrected chi connectivity index (χ0v) is 16.4. The number of carbonyl (C=O) groups is 1. The van der Waals surface area contributed by atoms with Crippen LogP contribution in [0.2, 0.25) is 0 Å². The maximum atomic E-state index is 13.0. The van der Waals surface area contributed by atoms with E-state index in [1.54, 1.807) is 17.1 Å². The third-order valence-electron chi connectivity index (χ3n) is 4.96. The molecule has 2 aliphatic rings. The van der Waals surface area contributed by atoms with Gasteiger partial charge in [-0.05, 0) is 68.4 Å². The predicted octanol–water partition coefficient (Wildman–Crippen LogP) is 3.72. The Labute approximate surface area is 165 Å². The maximum Gasteiger partial charge on any atom is 0.336 e. The highest BCUT2D eigenvalue weighted by molar-refractivity contribution is 7.80. The number of nitrogens with one attached hydrogen (secondary N) is 2. The van der Waals surface area contributed by atoms with Gasteiger partial charge in [-0.3, -0.25) is 5.01 Å². The van der Waals surface area contributed by atoms with Crippen LogP contribution < -0.4 is 10.6 Å². The Bertz CT molecular complexity index is 692. The van der Waals surface area contributed by atoms with Crippen molar-refractivity contribution in [1.82, 2.24) is 20.7 Å². The first-order valence-electron chi connectivity index (χ1n) is 9.66. The van der Waals surface area contributed by atoms with Crippen LogP contribution in [-0.2, 0) is 6.54 Å². The minimum atomic E-state index is -0.281. The summed E-state index contributed by atoms with van der Waals surface area (Å²) >= 11 is 5.50. The van der Waals surface area contributed by atoms with E-state index >= 15 is 0 Å². The summed E-state index contributed by atoms with van der Waals surface area (Å²) in [5.74, 6) is -0.281. The molecule has 1 aliphatic carbocycles. The van der Waals surface area contributed by atoms with Gasteiger partial charge in [0.05, 0.1) is 0 Å². The second-order valence-corrected chi connectivity index (χ2v) is 7.36. The first-order valence-corrected chi connectivity index (χ1v) is 10.1. The summed E-state index contributed by atoms with van der Waals surface area (Å²) in [7, 11) is 0. The molecule has 0 atom stereocenters. The second-order valence-electron chi connectivity index (χ2n) is 6.98. The molecule has 2 N–H and O–H groups in total. The molecule has 0 bridgehead atoms. The van der Waals surface area contributed by atoms with Crippen molar-refractivity contribution in [3.63, 3.8) is 0 Å². The Morgan fingerprint density at radius 3 is 2.59 bits per heavy atom. The number of urea groups is 1. The molecule has 5 nitrogen and oxygen atoms in total. The van der Waals surface area contributed by atoms with Crippen molar-refractivity contribution in [3.8, 4) is 0 Å². The number of hydrogen-bond donors (Lipinski definition) is 2. The fourth-order valence-electron chi connectivity index (χ4n) is 3.46. The summed E-state index contributed by atoms with van der Waals surface area (Å²) in [6, 6.07) is 5.94. The lowest BCUT2D eigenvalue weighted by molar-refractivity contribution is 0.124. The van der Waals surface area contributed by atoms with Gasteiger partial charge in [-0.2, -0.15) is 0 Å². The zero-order valence-electron chi connectivity index (χ0n) is 15.5. The fourth-order valence-corrected chi connectivity index (χ4v) is 3.75. The van der Waals surface area contributed by atoms with Crippen LogP contribution >= 0.6 is 12.2 Å². The summed E-state index contributed by atoms with van der Waals surface area (Å²) < 4.78 is 13.0. The lowest BCUT2D eigenvalue weighted by Gasteiger charge is -2.30. The third-order valence-corrected chi connectivity index (χ3v) is 5.32. The molecule has 1 heterocycles. The van der Waals surface area contributed by atoms with Gasteiger partial charge in [0.25, 0.3) is 0 Å². The van der Waals surface area contributed by atoms with Crippen LogP contribution in [-0.4, -0.2) is 40.8 Å². The molecule has 3 rings (SSSR count). The van der Waals surface area contributed by atoms with Gasteiger partial charge in [0.15, 0.2) is 5.11 Å². The highest BCUT2D eigenvalue weighted by Crippen LogP contribution is 2.19. The molecule has 0 spiro atoms. The summed E-state index contributed by atoms with van der Waals surface area (Å²) in [6.07, 6.45) is 9.19. The van der Waals surface area contributed by atoms with E-state index in [-0.39, 0.29) is 11.8 Å². The topological polar surface area (TPSA) is 47.6 Å². The van der Waals surface area contributed by atoms with Crippen LogP contribution in [0.5, 0.6) is 0 Å². The summed E-state index contributed by atoms with van der Waals surface area (Å²) in [5.41, 5.74) is 2.36. The highest BCUT2D eigenvalue weighted by Gasteiger charge is 2.28. The number of hydrazine groups is 1. The van der Waals surface area contributed by atoms with Gasteiger partial charge in [0, 0.05) is 26.2 Å². The molecule has 1 aromatic carbocycles. The van der Waals surface area contributed by atoms with Gasteiger partial charge < -0.3 is 10.6 Å². The van der Waals surface area contributed by atoms with Crippen molar-refractivity contribution < 1.29 is 9.18 Å². The fraction of sp³-hybridized carbons (Fsp3) is 0.500. The van der Waals surface area contributed by atoms with E-state index in [1.165, 1.54) is 43.4 Å². The molecule has 1 fully saturated rings. The van der Waals surface area contributed by atoms with E-state index in [9.17, 15) is 9.18 Å². The number of rotatable bonds is 5. The van der Waals surface area contributed by atoms with Crippen LogP contribution in [0.3, 0.4) is 0 Å². The Morgan fingerprint density at radius 2 is 1.85 bits per heavy atom. The molecule has 2 amide bonds. The van der Waals surface area contributed by atoms with Crippen molar-refractivity contribution in [2.24, 2.45) is 0 Å². The minimum Gasteiger partial charge on any atom is -0.361 e. The number of amides is 2. The van der Waals surface area contributed by atoms with Crippen molar-refractivity contribution in [2.45, 2.75) is 45.1 Å². The molecule has 0 saturated carbocycles. The van der Waals surface area contributed by atoms with Gasteiger partial charge in [-0.25, -0.2) is 14.2 Å². The average molecular weight is 391 g/mol. The number of hydrogen-bond acceptors (Lipinski definition) is 2. The number of carbonyl (C=O) groups excluding carboxylic acids is 1. The SMILES string of the molecule is O=C(NCc1ccc(F)cc1)N1CCCN1C(=S)NCCC1=CCCCC1. The van der Waals surface area contributed by atoms with Gasteiger partial charge >= 0.3 is 6.03 Å². The lowest BCUT2D eigenvalue weighted by atomic mass is 9.97. The number of halogens is 1. The Morgan fingerprint density at radius 1 is 1.07 bits per heavy atom. The van der Waals surface area contributed by atoms with Gasteiger partial charge in [0.1, 0.15) is 5.82 Å². The van der Waals surface area contributed by atoms with Crippen LogP contribution in [0.4, 0.5) is 9.18 Å². The van der Waals surface area contributed by atoms with E-state index in [1.807, 2.05) is 5.01 Å². The quantitative estimate of drug-likeness (QED) is 0.594. The summed E-state index contributed by atoms with van der Waals surface area (Å²) in [4.78, 5) is 12.5.